The van der Waals surface area contributed by atoms with Crippen molar-refractivity contribution in [2.24, 2.45) is 100 Å². The average Bonchev–Trinajstić information content (AvgIpc) is 3.31. The molecule has 0 aromatic rings. The van der Waals surface area contributed by atoms with Gasteiger partial charge in [-0.3, -0.25) is 28.8 Å². The first-order valence-electron chi connectivity index (χ1n) is 28.2. The molecule has 0 radical (unpaired) electrons. The number of hydrogen-bond donors (Lipinski definition) is 0. The summed E-state index contributed by atoms with van der Waals surface area (Å²) in [4.78, 5) is 80.6. The zero-order valence-electron chi connectivity index (χ0n) is 48.0. The second kappa shape index (κ2) is 17.1. The van der Waals surface area contributed by atoms with Crippen molar-refractivity contribution in [1.82, 2.24) is 0 Å². The molecule has 0 heterocycles. The molecule has 0 bridgehead atoms. The summed E-state index contributed by atoms with van der Waals surface area (Å²) in [6.07, 6.45) is 14.2. The highest BCUT2D eigenvalue weighted by Crippen LogP contribution is 2.77. The number of halogens is 4. The van der Waals surface area contributed by atoms with Crippen LogP contribution < -0.4 is 0 Å². The van der Waals surface area contributed by atoms with E-state index in [1.165, 1.54) is 19.8 Å². The zero-order valence-corrected chi connectivity index (χ0v) is 50.1. The van der Waals surface area contributed by atoms with Crippen LogP contribution >= 0.6 is 22.6 Å². The summed E-state index contributed by atoms with van der Waals surface area (Å²) in [6, 6.07) is 0. The fraction of sp³-hybridized carbons (Fsp3) is 0.778. The SMILES string of the molecule is COC(=O)[C@@]1(C)CCC2(C)CC[C@]3(C)C(=CC(=O)[C@@H]4C5(C)C=C(C(F)(F)F)C(=O)C(C)(C)[C@@H]5CCC43C)C2C1.COC(=O)[C@@]1(C)CCC2(C)CC[C@]3(C)C(=CC(=O)[C@@H]4C5(C)C=C(I)C(=O)C(C)(C)[C@@H]5CCC43C)C2C1. The maximum Gasteiger partial charge on any atom is 0.419 e. The first-order chi connectivity index (χ1) is 34.2. The van der Waals surface area contributed by atoms with Crippen LogP contribution in [0.25, 0.3) is 0 Å². The summed E-state index contributed by atoms with van der Waals surface area (Å²) < 4.78 is 53.8. The van der Waals surface area contributed by atoms with E-state index in [1.807, 2.05) is 13.0 Å². The third kappa shape index (κ3) is 7.48. The van der Waals surface area contributed by atoms with E-state index >= 15 is 0 Å². The van der Waals surface area contributed by atoms with Crippen LogP contribution in [0.4, 0.5) is 13.2 Å². The minimum absolute atomic E-state index is 0.0204. The van der Waals surface area contributed by atoms with Gasteiger partial charge in [-0.2, -0.15) is 13.2 Å². The van der Waals surface area contributed by atoms with E-state index in [4.69, 9.17) is 9.47 Å². The first kappa shape index (κ1) is 56.8. The van der Waals surface area contributed by atoms with Gasteiger partial charge in [-0.1, -0.05) is 106 Å². The smallest absolute Gasteiger partial charge is 0.419 e. The Bertz CT molecular complexity index is 2690. The van der Waals surface area contributed by atoms with E-state index < -0.39 is 61.4 Å². The molecule has 0 amide bonds. The Morgan fingerprint density at radius 3 is 1.27 bits per heavy atom. The van der Waals surface area contributed by atoms with Crippen LogP contribution in [0, 0.1) is 100 Å². The summed E-state index contributed by atoms with van der Waals surface area (Å²) in [5, 5.41) is 0. The molecule has 10 aliphatic rings. The fourth-order valence-electron chi connectivity index (χ4n) is 20.4. The third-order valence-corrected chi connectivity index (χ3v) is 26.2. The molecule has 10 aliphatic carbocycles. The number of ketones is 4. The Hall–Kier alpha value is -2.90. The number of esters is 2. The molecule has 10 rings (SSSR count). The van der Waals surface area contributed by atoms with E-state index in [1.54, 1.807) is 26.8 Å². The maximum absolute atomic E-state index is 14.3. The number of rotatable bonds is 2. The van der Waals surface area contributed by atoms with Crippen LogP contribution in [0.1, 0.15) is 187 Å². The molecule has 0 aromatic heterocycles. The van der Waals surface area contributed by atoms with Crippen LogP contribution in [0.15, 0.2) is 44.6 Å². The summed E-state index contributed by atoms with van der Waals surface area (Å²) >= 11 is 2.20. The van der Waals surface area contributed by atoms with Crippen molar-refractivity contribution in [2.75, 3.05) is 14.2 Å². The van der Waals surface area contributed by atoms with Crippen LogP contribution in [0.5, 0.6) is 0 Å². The Morgan fingerprint density at radius 1 is 0.533 bits per heavy atom. The van der Waals surface area contributed by atoms with E-state index in [0.29, 0.717) is 19.3 Å². The van der Waals surface area contributed by atoms with Crippen molar-refractivity contribution in [1.29, 1.82) is 0 Å². The summed E-state index contributed by atoms with van der Waals surface area (Å²) in [6.45, 7) is 29.2. The minimum atomic E-state index is -4.77. The molecule has 0 aromatic carbocycles. The van der Waals surface area contributed by atoms with E-state index in [-0.39, 0.29) is 86.0 Å². The van der Waals surface area contributed by atoms with Crippen molar-refractivity contribution in [3.8, 4) is 0 Å². The Balaban J connectivity index is 0.000000184. The molecular formula is C63H86F3IO8. The molecule has 0 spiro atoms. The lowest BCUT2D eigenvalue weighted by atomic mass is 9.34. The lowest BCUT2D eigenvalue weighted by Gasteiger charge is -2.69. The van der Waals surface area contributed by atoms with E-state index in [0.717, 1.165) is 85.9 Å². The number of hydrogen-bond acceptors (Lipinski definition) is 8. The van der Waals surface area contributed by atoms with Crippen LogP contribution in [0.3, 0.4) is 0 Å². The van der Waals surface area contributed by atoms with Crippen molar-refractivity contribution >= 4 is 57.7 Å². The fourth-order valence-corrected chi connectivity index (χ4v) is 21.8. The van der Waals surface area contributed by atoms with Gasteiger partial charge in [0.1, 0.15) is 0 Å². The van der Waals surface area contributed by atoms with Crippen molar-refractivity contribution in [3.05, 3.63) is 44.6 Å². The van der Waals surface area contributed by atoms with E-state index in [2.05, 4.69) is 97.9 Å². The number of ether oxygens (including phenoxy) is 2. The van der Waals surface area contributed by atoms with Crippen LogP contribution in [-0.4, -0.2) is 55.5 Å². The summed E-state index contributed by atoms with van der Waals surface area (Å²) in [7, 11) is 2.91. The molecule has 12 heteroatoms. The Morgan fingerprint density at radius 2 is 0.893 bits per heavy atom. The zero-order chi connectivity index (χ0) is 55.9. The number of methoxy groups -OCH3 is 2. The molecule has 0 N–H and O–H groups in total. The highest BCUT2D eigenvalue weighted by Gasteiger charge is 2.73. The minimum Gasteiger partial charge on any atom is -0.469 e. The topological polar surface area (TPSA) is 121 Å². The molecular weight excluding hydrogens is 1070 g/mol. The largest absolute Gasteiger partial charge is 0.469 e. The molecule has 16 atom stereocenters. The number of carbonyl (C=O) groups excluding carboxylic acids is 6. The van der Waals surface area contributed by atoms with Crippen molar-refractivity contribution < 1.29 is 51.4 Å². The van der Waals surface area contributed by atoms with Gasteiger partial charge in [0.05, 0.1) is 34.2 Å². The number of Topliss-reactive ketones (excluding diaryl/α,β-unsaturated/α-hetero) is 2. The van der Waals surface area contributed by atoms with Gasteiger partial charge in [-0.25, -0.2) is 0 Å². The molecule has 414 valence electrons. The standard InChI is InChI=1S/C32H43F3O4.C31H43IO4/c1-26(2)22-9-10-31(7)23(29(22,5)17-20(24(26)37)32(33,34)35)21(36)15-18-19-16-28(4,25(38)39-8)12-11-27(19,3)13-14-30(18,31)6;1-26(2)22-9-10-31(7)23(29(22,5)17-20(32)24(26)34)21(33)15-18-19-16-28(4,25(35)36-8)12-11-27(19,3)13-14-30(18,31)6/h15,17,19,22-23H,9-14,16H2,1-8H3;15,17,19,22-23H,9-14,16H2,1-8H3/t2*19?,22-,23+,27?,28-,29?,30+,31?/m00/s1. The third-order valence-electron chi connectivity index (χ3n) is 25.4. The quantitative estimate of drug-likeness (QED) is 0.198. The second-order valence-corrected chi connectivity index (χ2v) is 31.0. The Labute approximate surface area is 459 Å². The Kier molecular flexibility index (Phi) is 12.9. The monoisotopic (exact) mass is 1150 g/mol. The van der Waals surface area contributed by atoms with Gasteiger partial charge in [0.15, 0.2) is 23.1 Å². The predicted octanol–water partition coefficient (Wildman–Crippen LogP) is 14.7. The molecule has 8 nitrogen and oxygen atoms in total. The van der Waals surface area contributed by atoms with E-state index in [9.17, 15) is 41.9 Å². The molecule has 8 unspecified atom stereocenters. The van der Waals surface area contributed by atoms with Gasteiger partial charge < -0.3 is 9.47 Å². The van der Waals surface area contributed by atoms with Crippen LogP contribution in [-0.2, 0) is 38.2 Å². The molecule has 0 saturated heterocycles. The average molecular weight is 1160 g/mol. The van der Waals surface area contributed by atoms with Gasteiger partial charge in [0, 0.05) is 33.5 Å². The highest BCUT2D eigenvalue weighted by atomic mass is 127. The maximum atomic E-state index is 14.3. The molecule has 6 fully saturated rings. The number of fused-ring (bicyclic) bond motifs is 14. The van der Waals surface area contributed by atoms with Gasteiger partial charge in [0.2, 0.25) is 0 Å². The summed E-state index contributed by atoms with van der Waals surface area (Å²) in [5.74, 6) is -1.68. The van der Waals surface area contributed by atoms with Crippen molar-refractivity contribution in [3.63, 3.8) is 0 Å². The molecule has 6 saturated carbocycles. The molecule has 75 heavy (non-hydrogen) atoms. The van der Waals surface area contributed by atoms with Crippen molar-refractivity contribution in [2.45, 2.75) is 193 Å². The van der Waals surface area contributed by atoms with Gasteiger partial charge in [-0.15, -0.1) is 0 Å². The first-order valence-corrected chi connectivity index (χ1v) is 29.3. The molecule has 0 aliphatic heterocycles. The lowest BCUT2D eigenvalue weighted by molar-refractivity contribution is -0.177. The number of alkyl halides is 3. The predicted molar refractivity (Wildman–Crippen MR) is 291 cm³/mol. The second-order valence-electron chi connectivity index (χ2n) is 29.9. The lowest BCUT2D eigenvalue weighted by Crippen LogP contribution is -2.66. The van der Waals surface area contributed by atoms with Gasteiger partial charge >= 0.3 is 18.1 Å². The number of allylic oxidation sites excluding steroid dienone is 8. The van der Waals surface area contributed by atoms with Gasteiger partial charge in [0.25, 0.3) is 0 Å². The van der Waals surface area contributed by atoms with Gasteiger partial charge in [-0.05, 0) is 195 Å². The highest BCUT2D eigenvalue weighted by molar-refractivity contribution is 14.1. The normalized spacial score (nSPS) is 48.3. The number of carbonyl (C=O) groups is 6. The van der Waals surface area contributed by atoms with Crippen LogP contribution in [0.2, 0.25) is 0 Å². The summed E-state index contributed by atoms with van der Waals surface area (Å²) in [5.41, 5.74) is -4.26.